The van der Waals surface area contributed by atoms with Gasteiger partial charge in [-0.2, -0.15) is 0 Å². The molecule has 1 saturated carbocycles. The van der Waals surface area contributed by atoms with E-state index in [1.165, 1.54) is 29.2 Å². The number of fused-ring (bicyclic) bond motifs is 1. The fraction of sp³-hybridized carbons (Fsp3) is 0.375. The van der Waals surface area contributed by atoms with Crippen LogP contribution in [0.15, 0.2) is 42.5 Å². The van der Waals surface area contributed by atoms with Gasteiger partial charge in [0, 0.05) is 18.6 Å². The molecule has 2 heteroatoms. The second-order valence-corrected chi connectivity index (χ2v) is 5.26. The van der Waals surface area contributed by atoms with Crippen molar-refractivity contribution in [2.24, 2.45) is 5.73 Å². The van der Waals surface area contributed by atoms with Crippen LogP contribution in [0.1, 0.15) is 24.8 Å². The Morgan fingerprint density at radius 1 is 1.06 bits per heavy atom. The minimum Gasteiger partial charge on any atom is -0.326 e. The van der Waals surface area contributed by atoms with Gasteiger partial charge in [0.25, 0.3) is 0 Å². The van der Waals surface area contributed by atoms with Gasteiger partial charge < -0.3 is 11.1 Å². The van der Waals surface area contributed by atoms with Crippen molar-refractivity contribution in [2.45, 2.75) is 37.9 Å². The van der Waals surface area contributed by atoms with Crippen LogP contribution in [0.5, 0.6) is 0 Å². The third-order valence-corrected chi connectivity index (χ3v) is 3.95. The van der Waals surface area contributed by atoms with E-state index in [1.807, 2.05) is 0 Å². The van der Waals surface area contributed by atoms with Gasteiger partial charge in [0.1, 0.15) is 0 Å². The van der Waals surface area contributed by atoms with Gasteiger partial charge >= 0.3 is 0 Å². The Labute approximate surface area is 108 Å². The maximum Gasteiger partial charge on any atom is 0.0222 e. The molecule has 0 aliphatic heterocycles. The van der Waals surface area contributed by atoms with Crippen LogP contribution in [0.4, 0.5) is 0 Å². The average molecular weight is 240 g/mol. The highest BCUT2D eigenvalue weighted by atomic mass is 15.0. The molecule has 1 aliphatic rings. The van der Waals surface area contributed by atoms with E-state index >= 15 is 0 Å². The summed E-state index contributed by atoms with van der Waals surface area (Å²) in [5.74, 6) is 0. The van der Waals surface area contributed by atoms with E-state index < -0.39 is 0 Å². The van der Waals surface area contributed by atoms with E-state index in [2.05, 4.69) is 47.8 Å². The van der Waals surface area contributed by atoms with Crippen molar-refractivity contribution >= 4 is 10.8 Å². The third-order valence-electron chi connectivity index (χ3n) is 3.95. The Balaban J connectivity index is 1.71. The average Bonchev–Trinajstić information content (AvgIpc) is 2.82. The molecule has 0 amide bonds. The lowest BCUT2D eigenvalue weighted by atomic mass is 10.1. The number of hydrogen-bond donors (Lipinski definition) is 2. The van der Waals surface area contributed by atoms with Gasteiger partial charge in [-0.25, -0.2) is 0 Å². The highest BCUT2D eigenvalue weighted by Gasteiger charge is 2.22. The molecule has 0 radical (unpaired) electrons. The summed E-state index contributed by atoms with van der Waals surface area (Å²) in [7, 11) is 0. The van der Waals surface area contributed by atoms with Gasteiger partial charge in [-0.15, -0.1) is 0 Å². The molecule has 2 aromatic carbocycles. The molecule has 2 unspecified atom stereocenters. The zero-order valence-electron chi connectivity index (χ0n) is 10.6. The lowest BCUT2D eigenvalue weighted by molar-refractivity contribution is 0.475. The molecule has 0 spiro atoms. The topological polar surface area (TPSA) is 38.0 Å². The molecule has 1 fully saturated rings. The second kappa shape index (κ2) is 5.09. The standard InChI is InChI=1S/C16H20N2/c17-15-6-3-7-16(15)18-11-12-8-9-13-4-1-2-5-14(13)10-12/h1-2,4-5,8-10,15-16,18H,3,6-7,11,17H2. The quantitative estimate of drug-likeness (QED) is 0.865. The molecule has 0 heterocycles. The van der Waals surface area contributed by atoms with Crippen molar-refractivity contribution in [3.8, 4) is 0 Å². The SMILES string of the molecule is NC1CCCC1NCc1ccc2ccccc2c1. The molecular weight excluding hydrogens is 220 g/mol. The minimum atomic E-state index is 0.338. The summed E-state index contributed by atoms with van der Waals surface area (Å²) < 4.78 is 0. The van der Waals surface area contributed by atoms with E-state index in [4.69, 9.17) is 5.73 Å². The van der Waals surface area contributed by atoms with Crippen molar-refractivity contribution in [2.75, 3.05) is 0 Å². The molecule has 0 aromatic heterocycles. The van der Waals surface area contributed by atoms with Crippen LogP contribution in [0.3, 0.4) is 0 Å². The lowest BCUT2D eigenvalue weighted by Crippen LogP contribution is -2.40. The van der Waals surface area contributed by atoms with E-state index in [0.29, 0.717) is 12.1 Å². The van der Waals surface area contributed by atoms with Crippen LogP contribution in [0.25, 0.3) is 10.8 Å². The maximum atomic E-state index is 6.07. The predicted molar refractivity (Wildman–Crippen MR) is 76.4 cm³/mol. The van der Waals surface area contributed by atoms with Crippen LogP contribution in [-0.2, 0) is 6.54 Å². The van der Waals surface area contributed by atoms with E-state index in [9.17, 15) is 0 Å². The first-order valence-electron chi connectivity index (χ1n) is 6.79. The number of benzene rings is 2. The van der Waals surface area contributed by atoms with Crippen LogP contribution < -0.4 is 11.1 Å². The summed E-state index contributed by atoms with van der Waals surface area (Å²) in [6, 6.07) is 16.0. The van der Waals surface area contributed by atoms with Gasteiger partial charge in [-0.05, 0) is 35.2 Å². The van der Waals surface area contributed by atoms with Crippen LogP contribution in [-0.4, -0.2) is 12.1 Å². The summed E-state index contributed by atoms with van der Waals surface area (Å²) >= 11 is 0. The molecule has 18 heavy (non-hydrogen) atoms. The Morgan fingerprint density at radius 2 is 1.89 bits per heavy atom. The Hall–Kier alpha value is -1.38. The Morgan fingerprint density at radius 3 is 2.67 bits per heavy atom. The summed E-state index contributed by atoms with van der Waals surface area (Å²) in [6.45, 7) is 0.920. The normalized spacial score (nSPS) is 23.6. The van der Waals surface area contributed by atoms with Crippen LogP contribution in [0, 0.1) is 0 Å². The largest absolute Gasteiger partial charge is 0.326 e. The first-order chi connectivity index (χ1) is 8.83. The van der Waals surface area contributed by atoms with E-state index in [0.717, 1.165) is 13.0 Å². The highest BCUT2D eigenvalue weighted by molar-refractivity contribution is 5.82. The van der Waals surface area contributed by atoms with Gasteiger partial charge in [0.2, 0.25) is 0 Å². The third kappa shape index (κ3) is 2.40. The first-order valence-corrected chi connectivity index (χ1v) is 6.79. The zero-order chi connectivity index (χ0) is 12.4. The molecule has 94 valence electrons. The molecule has 0 saturated heterocycles. The molecule has 2 aromatic rings. The molecule has 3 N–H and O–H groups in total. The van der Waals surface area contributed by atoms with Gasteiger partial charge in [-0.1, -0.05) is 42.8 Å². The molecule has 2 atom stereocenters. The van der Waals surface area contributed by atoms with Crippen LogP contribution >= 0.6 is 0 Å². The van der Waals surface area contributed by atoms with Crippen molar-refractivity contribution in [3.05, 3.63) is 48.0 Å². The monoisotopic (exact) mass is 240 g/mol. The number of hydrogen-bond acceptors (Lipinski definition) is 2. The fourth-order valence-corrected chi connectivity index (χ4v) is 2.84. The summed E-state index contributed by atoms with van der Waals surface area (Å²) in [5, 5.41) is 6.20. The summed E-state index contributed by atoms with van der Waals surface area (Å²) in [4.78, 5) is 0. The zero-order valence-corrected chi connectivity index (χ0v) is 10.6. The number of nitrogens with two attached hydrogens (primary N) is 1. The van der Waals surface area contributed by atoms with Crippen molar-refractivity contribution < 1.29 is 0 Å². The van der Waals surface area contributed by atoms with Gasteiger partial charge in [0.15, 0.2) is 0 Å². The lowest BCUT2D eigenvalue weighted by Gasteiger charge is -2.17. The summed E-state index contributed by atoms with van der Waals surface area (Å²) in [6.07, 6.45) is 3.64. The first kappa shape index (κ1) is 11.7. The van der Waals surface area contributed by atoms with Crippen LogP contribution in [0.2, 0.25) is 0 Å². The Kier molecular flexibility index (Phi) is 3.31. The summed E-state index contributed by atoms with van der Waals surface area (Å²) in [5.41, 5.74) is 7.41. The number of nitrogens with one attached hydrogen (secondary N) is 1. The predicted octanol–water partition coefficient (Wildman–Crippen LogP) is 2.81. The number of rotatable bonds is 3. The van der Waals surface area contributed by atoms with E-state index in [-0.39, 0.29) is 0 Å². The maximum absolute atomic E-state index is 6.07. The molecule has 3 rings (SSSR count). The smallest absolute Gasteiger partial charge is 0.0222 e. The van der Waals surface area contributed by atoms with Gasteiger partial charge in [0.05, 0.1) is 0 Å². The molecule has 0 bridgehead atoms. The molecular formula is C16H20N2. The van der Waals surface area contributed by atoms with E-state index in [1.54, 1.807) is 0 Å². The van der Waals surface area contributed by atoms with Gasteiger partial charge in [-0.3, -0.25) is 0 Å². The Bertz CT molecular complexity index is 535. The van der Waals surface area contributed by atoms with Crippen molar-refractivity contribution in [3.63, 3.8) is 0 Å². The van der Waals surface area contributed by atoms with Crippen molar-refractivity contribution in [1.29, 1.82) is 0 Å². The second-order valence-electron chi connectivity index (χ2n) is 5.26. The molecule has 1 aliphatic carbocycles. The minimum absolute atomic E-state index is 0.338. The van der Waals surface area contributed by atoms with Crippen molar-refractivity contribution in [1.82, 2.24) is 5.32 Å². The highest BCUT2D eigenvalue weighted by Crippen LogP contribution is 2.19. The fourth-order valence-electron chi connectivity index (χ4n) is 2.84. The molecule has 2 nitrogen and oxygen atoms in total.